The zero-order valence-electron chi connectivity index (χ0n) is 15.8. The minimum Gasteiger partial charge on any atom is -0.322 e. The smallest absolute Gasteiger partial charge is 0.255 e. The maximum Gasteiger partial charge on any atom is 0.255 e. The molecule has 9 heteroatoms. The molecule has 0 aliphatic rings. The normalized spacial score (nSPS) is 11.2. The minimum atomic E-state index is -3.65. The Hall–Kier alpha value is -3.33. The number of nitrogens with zero attached hydrogens (tertiary/aromatic N) is 1. The zero-order valence-corrected chi connectivity index (χ0v) is 16.6. The molecule has 3 aromatic carbocycles. The van der Waals surface area contributed by atoms with Crippen LogP contribution in [0.15, 0.2) is 66.7 Å². The second-order valence-corrected chi connectivity index (χ2v) is 8.43. The van der Waals surface area contributed by atoms with Crippen LogP contribution < -0.4 is 9.62 Å². The average molecular weight is 434 g/mol. The Morgan fingerprint density at radius 1 is 0.900 bits per heavy atom. The highest BCUT2D eigenvalue weighted by Gasteiger charge is 2.18. The molecule has 5 nitrogen and oxygen atoms in total. The molecule has 0 atom stereocenters. The maximum atomic E-state index is 13.3. The number of halogens is 3. The van der Waals surface area contributed by atoms with Gasteiger partial charge in [-0.05, 0) is 54.1 Å². The molecule has 0 unspecified atom stereocenters. The van der Waals surface area contributed by atoms with Gasteiger partial charge in [0.05, 0.1) is 18.5 Å². The van der Waals surface area contributed by atoms with Crippen molar-refractivity contribution in [2.45, 2.75) is 6.54 Å². The van der Waals surface area contributed by atoms with Gasteiger partial charge in [-0.3, -0.25) is 9.10 Å². The van der Waals surface area contributed by atoms with Crippen molar-refractivity contribution in [3.8, 4) is 0 Å². The lowest BCUT2D eigenvalue weighted by atomic mass is 10.1. The van der Waals surface area contributed by atoms with Crippen LogP contribution in [0.25, 0.3) is 0 Å². The lowest BCUT2D eigenvalue weighted by Crippen LogP contribution is -2.29. The number of nitrogens with one attached hydrogen (secondary N) is 1. The second kappa shape index (κ2) is 8.58. The lowest BCUT2D eigenvalue weighted by Gasteiger charge is -2.22. The molecule has 0 spiro atoms. The minimum absolute atomic E-state index is 0.0144. The van der Waals surface area contributed by atoms with Crippen LogP contribution in [-0.2, 0) is 16.6 Å². The highest BCUT2D eigenvalue weighted by atomic mass is 32.2. The van der Waals surface area contributed by atoms with Crippen LogP contribution in [0.5, 0.6) is 0 Å². The molecule has 1 amide bonds. The molecule has 0 saturated carbocycles. The van der Waals surface area contributed by atoms with E-state index in [9.17, 15) is 26.4 Å². The van der Waals surface area contributed by atoms with Gasteiger partial charge >= 0.3 is 0 Å². The number of amides is 1. The maximum absolute atomic E-state index is 13.3. The highest BCUT2D eigenvalue weighted by molar-refractivity contribution is 7.92. The van der Waals surface area contributed by atoms with Gasteiger partial charge in [-0.15, -0.1) is 0 Å². The quantitative estimate of drug-likeness (QED) is 0.628. The Morgan fingerprint density at radius 2 is 1.53 bits per heavy atom. The molecule has 0 aliphatic heterocycles. The second-order valence-electron chi connectivity index (χ2n) is 6.53. The molecular weight excluding hydrogens is 417 g/mol. The fourth-order valence-corrected chi connectivity index (χ4v) is 3.60. The largest absolute Gasteiger partial charge is 0.322 e. The first-order valence-corrected chi connectivity index (χ1v) is 10.6. The van der Waals surface area contributed by atoms with E-state index in [2.05, 4.69) is 5.32 Å². The van der Waals surface area contributed by atoms with E-state index in [1.165, 1.54) is 54.6 Å². The van der Waals surface area contributed by atoms with Crippen LogP contribution in [0.3, 0.4) is 0 Å². The van der Waals surface area contributed by atoms with E-state index in [4.69, 9.17) is 0 Å². The summed E-state index contributed by atoms with van der Waals surface area (Å²) in [4.78, 5) is 12.3. The third-order valence-corrected chi connectivity index (χ3v) is 5.38. The number of anilines is 2. The van der Waals surface area contributed by atoms with Crippen molar-refractivity contribution in [3.05, 3.63) is 95.3 Å². The zero-order chi connectivity index (χ0) is 21.9. The molecule has 3 aromatic rings. The molecule has 0 saturated heterocycles. The highest BCUT2D eigenvalue weighted by Crippen LogP contribution is 2.22. The van der Waals surface area contributed by atoms with Gasteiger partial charge in [0.2, 0.25) is 10.0 Å². The fourth-order valence-electron chi connectivity index (χ4n) is 2.71. The van der Waals surface area contributed by atoms with Crippen LogP contribution in [0.1, 0.15) is 15.9 Å². The summed E-state index contributed by atoms with van der Waals surface area (Å²) in [5.74, 6) is -3.12. The van der Waals surface area contributed by atoms with E-state index in [1.807, 2.05) is 0 Å². The fraction of sp³-hybridized carbons (Fsp3) is 0.0952. The monoisotopic (exact) mass is 434 g/mol. The summed E-state index contributed by atoms with van der Waals surface area (Å²) in [5.41, 5.74) is 1.17. The van der Waals surface area contributed by atoms with Crippen molar-refractivity contribution in [1.29, 1.82) is 0 Å². The number of benzene rings is 3. The standard InChI is InChI=1S/C21H17F3N2O3S/c1-30(28,29)26(13-14-2-6-16(22)7-3-14)18-9-4-15(5-10-18)21(27)25-17-8-11-19(23)20(24)12-17/h2-12H,13H2,1H3,(H,25,27). The summed E-state index contributed by atoms with van der Waals surface area (Å²) in [7, 11) is -3.65. The summed E-state index contributed by atoms with van der Waals surface area (Å²) in [6, 6.07) is 14.1. The van der Waals surface area contributed by atoms with E-state index in [0.717, 1.165) is 22.7 Å². The number of rotatable bonds is 6. The average Bonchev–Trinajstić information content (AvgIpc) is 2.69. The van der Waals surface area contributed by atoms with Crippen LogP contribution in [-0.4, -0.2) is 20.6 Å². The molecule has 0 radical (unpaired) electrons. The van der Waals surface area contributed by atoms with E-state index in [1.54, 1.807) is 0 Å². The predicted octanol–water partition coefficient (Wildman–Crippen LogP) is 4.32. The van der Waals surface area contributed by atoms with E-state index in [-0.39, 0.29) is 17.8 Å². The Morgan fingerprint density at radius 3 is 2.10 bits per heavy atom. The summed E-state index contributed by atoms with van der Waals surface area (Å²) < 4.78 is 64.9. The Kier molecular flexibility index (Phi) is 6.12. The third-order valence-electron chi connectivity index (χ3n) is 4.23. The number of hydrogen-bond donors (Lipinski definition) is 1. The number of sulfonamides is 1. The molecule has 0 bridgehead atoms. The first-order chi connectivity index (χ1) is 14.1. The SMILES string of the molecule is CS(=O)(=O)N(Cc1ccc(F)cc1)c1ccc(C(=O)Nc2ccc(F)c(F)c2)cc1. The van der Waals surface area contributed by atoms with Gasteiger partial charge in [-0.2, -0.15) is 0 Å². The van der Waals surface area contributed by atoms with Crippen LogP contribution in [0.4, 0.5) is 24.5 Å². The van der Waals surface area contributed by atoms with Gasteiger partial charge in [-0.25, -0.2) is 21.6 Å². The van der Waals surface area contributed by atoms with Gasteiger partial charge in [0.25, 0.3) is 5.91 Å². The van der Waals surface area contributed by atoms with Gasteiger partial charge in [0, 0.05) is 17.3 Å². The number of hydrogen-bond acceptors (Lipinski definition) is 3. The van der Waals surface area contributed by atoms with Gasteiger partial charge in [0.15, 0.2) is 11.6 Å². The molecule has 3 rings (SSSR count). The summed E-state index contributed by atoms with van der Waals surface area (Å²) in [6.07, 6.45) is 1.04. The molecular formula is C21H17F3N2O3S. The summed E-state index contributed by atoms with van der Waals surface area (Å²) >= 11 is 0. The van der Waals surface area contributed by atoms with Crippen LogP contribution >= 0.6 is 0 Å². The Bertz CT molecular complexity index is 1170. The van der Waals surface area contributed by atoms with Crippen molar-refractivity contribution in [2.75, 3.05) is 15.9 Å². The van der Waals surface area contributed by atoms with Crippen molar-refractivity contribution >= 4 is 27.3 Å². The van der Waals surface area contributed by atoms with Gasteiger partial charge < -0.3 is 5.32 Å². The predicted molar refractivity (Wildman–Crippen MR) is 108 cm³/mol. The first kappa shape index (κ1) is 21.4. The topological polar surface area (TPSA) is 66.5 Å². The lowest BCUT2D eigenvalue weighted by molar-refractivity contribution is 0.102. The van der Waals surface area contributed by atoms with Gasteiger partial charge in [0.1, 0.15) is 5.82 Å². The Balaban J connectivity index is 1.79. The third kappa shape index (κ3) is 5.18. The van der Waals surface area contributed by atoms with Crippen molar-refractivity contribution in [3.63, 3.8) is 0 Å². The van der Waals surface area contributed by atoms with Gasteiger partial charge in [-0.1, -0.05) is 12.1 Å². The van der Waals surface area contributed by atoms with E-state index in [0.29, 0.717) is 11.3 Å². The van der Waals surface area contributed by atoms with Crippen molar-refractivity contribution in [1.82, 2.24) is 0 Å². The first-order valence-electron chi connectivity index (χ1n) is 8.72. The molecule has 0 heterocycles. The number of carbonyl (C=O) groups is 1. The van der Waals surface area contributed by atoms with Crippen LogP contribution in [0.2, 0.25) is 0 Å². The Labute approximate surface area is 171 Å². The number of carbonyl (C=O) groups excluding carboxylic acids is 1. The molecule has 0 fully saturated rings. The summed E-state index contributed by atoms with van der Waals surface area (Å²) in [5, 5.41) is 2.44. The van der Waals surface area contributed by atoms with Crippen molar-refractivity contribution < 1.29 is 26.4 Å². The van der Waals surface area contributed by atoms with Crippen molar-refractivity contribution in [2.24, 2.45) is 0 Å². The van der Waals surface area contributed by atoms with Crippen LogP contribution in [0, 0.1) is 17.5 Å². The molecule has 156 valence electrons. The summed E-state index contributed by atoms with van der Waals surface area (Å²) in [6.45, 7) is -0.0144. The van der Waals surface area contributed by atoms with E-state index >= 15 is 0 Å². The molecule has 0 aliphatic carbocycles. The molecule has 30 heavy (non-hydrogen) atoms. The van der Waals surface area contributed by atoms with E-state index < -0.39 is 33.4 Å². The molecule has 0 aromatic heterocycles. The molecule has 1 N–H and O–H groups in total.